The number of methoxy groups -OCH3 is 2. The van der Waals surface area contributed by atoms with E-state index >= 15 is 0 Å². The van der Waals surface area contributed by atoms with Crippen molar-refractivity contribution in [1.29, 1.82) is 0 Å². The Bertz CT molecular complexity index is 2060. The Balaban J connectivity index is 1.29. The molecule has 0 bridgehead atoms. The zero-order valence-electron chi connectivity index (χ0n) is 27.3. The second kappa shape index (κ2) is 15.2. The molecular formula is C38H36N6O6. The lowest BCUT2D eigenvalue weighted by atomic mass is 10.1. The van der Waals surface area contributed by atoms with Gasteiger partial charge in [-0.3, -0.25) is 10.4 Å². The minimum atomic E-state index is -0.109. The SMILES string of the molecule is COc1cc(CNc2ccc(N=C(NO)C(=Nc3ccc(NCc4ccc(O)c(OC)c4)c4ccccc34)NO)c3ccccc23)ccc1O. The number of benzene rings is 6. The molecule has 0 saturated heterocycles. The molecule has 0 aliphatic carbocycles. The number of aromatic hydroxyl groups is 2. The third kappa shape index (κ3) is 7.16. The van der Waals surface area contributed by atoms with Gasteiger partial charge in [-0.15, -0.1) is 0 Å². The van der Waals surface area contributed by atoms with E-state index in [0.29, 0.717) is 36.0 Å². The molecule has 8 N–H and O–H groups in total. The van der Waals surface area contributed by atoms with Gasteiger partial charge in [0.1, 0.15) is 0 Å². The monoisotopic (exact) mass is 672 g/mol. The van der Waals surface area contributed by atoms with Gasteiger partial charge in [0, 0.05) is 46.0 Å². The fourth-order valence-corrected chi connectivity index (χ4v) is 5.63. The van der Waals surface area contributed by atoms with E-state index in [1.165, 1.54) is 14.2 Å². The molecule has 0 aliphatic heterocycles. The van der Waals surface area contributed by atoms with Gasteiger partial charge in [-0.2, -0.15) is 0 Å². The summed E-state index contributed by atoms with van der Waals surface area (Å²) < 4.78 is 10.5. The maximum Gasteiger partial charge on any atom is 0.195 e. The predicted octanol–water partition coefficient (Wildman–Crippen LogP) is 7.36. The molecule has 0 atom stereocenters. The fourth-order valence-electron chi connectivity index (χ4n) is 5.63. The van der Waals surface area contributed by atoms with Gasteiger partial charge in [-0.1, -0.05) is 60.7 Å². The molecule has 0 heterocycles. The summed E-state index contributed by atoms with van der Waals surface area (Å²) in [5.41, 5.74) is 8.75. The van der Waals surface area contributed by atoms with Crippen molar-refractivity contribution in [1.82, 2.24) is 11.0 Å². The summed E-state index contributed by atoms with van der Waals surface area (Å²) in [5.74, 6) is 0.715. The van der Waals surface area contributed by atoms with E-state index in [1.54, 1.807) is 36.4 Å². The van der Waals surface area contributed by atoms with Crippen LogP contribution in [0.2, 0.25) is 0 Å². The summed E-state index contributed by atoms with van der Waals surface area (Å²) in [7, 11) is 3.01. The molecule has 0 fully saturated rings. The topological polar surface area (TPSA) is 172 Å². The normalized spacial score (nSPS) is 11.8. The summed E-state index contributed by atoms with van der Waals surface area (Å²) in [4.78, 5) is 9.27. The highest BCUT2D eigenvalue weighted by Gasteiger charge is 2.14. The number of hydroxylamine groups is 2. The summed E-state index contributed by atoms with van der Waals surface area (Å²) in [6, 6.07) is 33.1. The number of nitrogens with zero attached hydrogens (tertiary/aromatic N) is 2. The average molecular weight is 673 g/mol. The summed E-state index contributed by atoms with van der Waals surface area (Å²) in [6.07, 6.45) is 0. The van der Waals surface area contributed by atoms with Crippen molar-refractivity contribution in [3.63, 3.8) is 0 Å². The van der Waals surface area contributed by atoms with E-state index in [0.717, 1.165) is 44.0 Å². The second-order valence-electron chi connectivity index (χ2n) is 11.2. The molecule has 0 unspecified atom stereocenters. The molecule has 12 heteroatoms. The van der Waals surface area contributed by atoms with Gasteiger partial charge < -0.3 is 30.3 Å². The van der Waals surface area contributed by atoms with Crippen molar-refractivity contribution in [3.8, 4) is 23.0 Å². The van der Waals surface area contributed by atoms with E-state index in [4.69, 9.17) is 9.47 Å². The standard InChI is InChI=1S/C38H36N6O6/c1-49-35-19-23(11-17-33(35)45)21-39-29-13-15-31(27-9-5-3-7-25(27)29)41-37(43-47)38(44-48)42-32-16-14-30(26-8-4-6-10-28(26)32)40-22-24-12-18-34(46)36(20-24)50-2/h3-20,39-40,45-48H,21-22H2,1-2H3,(H,41,43)(H,42,44). The molecule has 0 aliphatic rings. The third-order valence-electron chi connectivity index (χ3n) is 8.16. The predicted molar refractivity (Wildman–Crippen MR) is 196 cm³/mol. The molecule has 0 saturated carbocycles. The Morgan fingerprint density at radius 3 is 1.32 bits per heavy atom. The highest BCUT2D eigenvalue weighted by Crippen LogP contribution is 2.35. The van der Waals surface area contributed by atoms with Crippen LogP contribution in [0, 0.1) is 0 Å². The number of fused-ring (bicyclic) bond motifs is 2. The van der Waals surface area contributed by atoms with Crippen LogP contribution in [0.15, 0.2) is 119 Å². The van der Waals surface area contributed by atoms with Crippen LogP contribution in [0.3, 0.4) is 0 Å². The van der Waals surface area contributed by atoms with Crippen LogP contribution in [0.1, 0.15) is 11.1 Å². The highest BCUT2D eigenvalue weighted by atomic mass is 16.5. The molecule has 50 heavy (non-hydrogen) atoms. The molecule has 6 rings (SSSR count). The molecule has 0 radical (unpaired) electrons. The van der Waals surface area contributed by atoms with Crippen molar-refractivity contribution < 1.29 is 30.1 Å². The Morgan fingerprint density at radius 2 is 0.940 bits per heavy atom. The van der Waals surface area contributed by atoms with Crippen molar-refractivity contribution in [3.05, 3.63) is 120 Å². The van der Waals surface area contributed by atoms with E-state index in [-0.39, 0.29) is 23.2 Å². The van der Waals surface area contributed by atoms with Crippen LogP contribution in [-0.4, -0.2) is 46.5 Å². The molecular weight excluding hydrogens is 636 g/mol. The lowest BCUT2D eigenvalue weighted by Crippen LogP contribution is -2.37. The van der Waals surface area contributed by atoms with E-state index in [1.807, 2.05) is 72.8 Å². The zero-order chi connectivity index (χ0) is 35.0. The molecule has 6 aromatic carbocycles. The minimum absolute atomic E-state index is 0.0725. The summed E-state index contributed by atoms with van der Waals surface area (Å²) in [6.45, 7) is 0.956. The number of hydrogen-bond acceptors (Lipinski definition) is 10. The van der Waals surface area contributed by atoms with E-state index in [2.05, 4.69) is 31.6 Å². The first kappa shape index (κ1) is 33.4. The van der Waals surface area contributed by atoms with E-state index in [9.17, 15) is 20.6 Å². The molecule has 0 amide bonds. The van der Waals surface area contributed by atoms with Crippen LogP contribution in [0.4, 0.5) is 22.7 Å². The first-order valence-corrected chi connectivity index (χ1v) is 15.6. The van der Waals surface area contributed by atoms with Crippen LogP contribution in [-0.2, 0) is 13.1 Å². The van der Waals surface area contributed by atoms with Crippen molar-refractivity contribution in [2.24, 2.45) is 9.98 Å². The quantitative estimate of drug-likeness (QED) is 0.0417. The smallest absolute Gasteiger partial charge is 0.195 e. The Labute approximate surface area is 287 Å². The van der Waals surface area contributed by atoms with Crippen molar-refractivity contribution in [2.75, 3.05) is 24.9 Å². The van der Waals surface area contributed by atoms with Gasteiger partial charge in [-0.05, 0) is 59.7 Å². The van der Waals surface area contributed by atoms with Crippen LogP contribution < -0.4 is 31.1 Å². The van der Waals surface area contributed by atoms with Gasteiger partial charge in [0.05, 0.1) is 25.6 Å². The maximum atomic E-state index is 10.2. The second-order valence-corrected chi connectivity index (χ2v) is 11.2. The number of anilines is 2. The third-order valence-corrected chi connectivity index (χ3v) is 8.16. The molecule has 0 spiro atoms. The van der Waals surface area contributed by atoms with Gasteiger partial charge in [-0.25, -0.2) is 20.9 Å². The molecule has 12 nitrogen and oxygen atoms in total. The number of phenols is 2. The number of phenolic OH excluding ortho intramolecular Hbond substituents is 2. The number of aliphatic imine (C=N–C) groups is 2. The minimum Gasteiger partial charge on any atom is -0.504 e. The largest absolute Gasteiger partial charge is 0.504 e. The first-order valence-electron chi connectivity index (χ1n) is 15.6. The lowest BCUT2D eigenvalue weighted by Gasteiger charge is -2.14. The van der Waals surface area contributed by atoms with Crippen molar-refractivity contribution >= 4 is 56.0 Å². The number of ether oxygens (including phenoxy) is 2. The Kier molecular flexibility index (Phi) is 10.1. The van der Waals surface area contributed by atoms with Gasteiger partial charge in [0.2, 0.25) is 0 Å². The van der Waals surface area contributed by atoms with Gasteiger partial charge in [0.15, 0.2) is 34.7 Å². The maximum absolute atomic E-state index is 10.2. The van der Waals surface area contributed by atoms with E-state index < -0.39 is 0 Å². The Hall–Kier alpha value is -6.50. The number of nitrogens with one attached hydrogen (secondary N) is 4. The van der Waals surface area contributed by atoms with Crippen LogP contribution >= 0.6 is 0 Å². The zero-order valence-corrected chi connectivity index (χ0v) is 27.3. The summed E-state index contributed by atoms with van der Waals surface area (Å²) in [5, 5.41) is 50.4. The average Bonchev–Trinajstić information content (AvgIpc) is 3.16. The Morgan fingerprint density at radius 1 is 0.540 bits per heavy atom. The molecule has 6 aromatic rings. The van der Waals surface area contributed by atoms with Crippen molar-refractivity contribution in [2.45, 2.75) is 13.1 Å². The summed E-state index contributed by atoms with van der Waals surface area (Å²) >= 11 is 0. The molecule has 254 valence electrons. The van der Waals surface area contributed by atoms with Gasteiger partial charge in [0.25, 0.3) is 0 Å². The van der Waals surface area contributed by atoms with Gasteiger partial charge >= 0.3 is 0 Å². The number of amidine groups is 2. The number of hydrogen-bond donors (Lipinski definition) is 8. The van der Waals surface area contributed by atoms with Crippen LogP contribution in [0.5, 0.6) is 23.0 Å². The fraction of sp³-hybridized carbons (Fsp3) is 0.105. The number of rotatable bonds is 10. The van der Waals surface area contributed by atoms with Crippen LogP contribution in [0.25, 0.3) is 21.5 Å². The molecule has 0 aromatic heterocycles. The first-order chi connectivity index (χ1) is 24.4. The highest BCUT2D eigenvalue weighted by molar-refractivity contribution is 6.41. The lowest BCUT2D eigenvalue weighted by molar-refractivity contribution is 0.223.